The maximum Gasteiger partial charge on any atom is 0.416 e. The molecular weight excluding hydrogens is 516 g/mol. The molecule has 2 amide bonds. The molecule has 0 saturated carbocycles. The molecule has 12 heteroatoms. The highest BCUT2D eigenvalue weighted by molar-refractivity contribution is 7.90. The number of aliphatic hydroxyl groups excluding tert-OH is 1. The maximum absolute atomic E-state index is 14.6. The molecule has 1 fully saturated rings. The average Bonchev–Trinajstić information content (AvgIpc) is 3.25. The number of halogens is 4. The van der Waals surface area contributed by atoms with Crippen molar-refractivity contribution in [2.45, 2.75) is 55.9 Å². The van der Waals surface area contributed by atoms with E-state index in [9.17, 15) is 40.7 Å². The van der Waals surface area contributed by atoms with Gasteiger partial charge in [-0.05, 0) is 49.6 Å². The fourth-order valence-electron chi connectivity index (χ4n) is 4.38. The van der Waals surface area contributed by atoms with Crippen LogP contribution in [0.5, 0.6) is 0 Å². The second-order valence-electron chi connectivity index (χ2n) is 9.24. The van der Waals surface area contributed by atoms with Gasteiger partial charge >= 0.3 is 6.18 Å². The van der Waals surface area contributed by atoms with E-state index in [0.29, 0.717) is 18.6 Å². The van der Waals surface area contributed by atoms with Crippen LogP contribution in [-0.4, -0.2) is 55.2 Å². The quantitative estimate of drug-likeness (QED) is 0.517. The van der Waals surface area contributed by atoms with Crippen LogP contribution >= 0.6 is 0 Å². The van der Waals surface area contributed by atoms with Crippen molar-refractivity contribution in [3.8, 4) is 0 Å². The Hall–Kier alpha value is -2.99. The van der Waals surface area contributed by atoms with Crippen LogP contribution in [0.2, 0.25) is 0 Å². The third kappa shape index (κ3) is 6.48. The second-order valence-corrected chi connectivity index (χ2v) is 11.3. The number of likely N-dealkylation sites (tertiary alicyclic amines) is 1. The minimum atomic E-state index is -4.77. The molecule has 3 rings (SSSR count). The normalized spacial score (nSPS) is 19.9. The average molecular weight is 545 g/mol. The molecule has 1 saturated heterocycles. The zero-order chi connectivity index (χ0) is 27.7. The van der Waals surface area contributed by atoms with Crippen LogP contribution in [0.25, 0.3) is 0 Å². The van der Waals surface area contributed by atoms with E-state index in [1.165, 1.54) is 36.1 Å². The predicted octanol–water partition coefficient (Wildman–Crippen LogP) is 3.73. The third-order valence-corrected chi connectivity index (χ3v) is 7.59. The predicted molar refractivity (Wildman–Crippen MR) is 127 cm³/mol. The maximum atomic E-state index is 14.6. The number of sulfone groups is 1. The van der Waals surface area contributed by atoms with Gasteiger partial charge in [0.15, 0.2) is 9.84 Å². The molecule has 202 valence electrons. The Labute approximate surface area is 212 Å². The molecule has 0 radical (unpaired) electrons. The molecule has 7 nitrogen and oxygen atoms in total. The number of nitrogens with zero attached hydrogens (tertiary/aromatic N) is 1. The van der Waals surface area contributed by atoms with Crippen LogP contribution in [-0.2, 0) is 20.8 Å². The lowest BCUT2D eigenvalue weighted by Crippen LogP contribution is -2.48. The minimum Gasteiger partial charge on any atom is -0.391 e. The molecule has 0 spiro atoms. The fourth-order valence-corrected chi connectivity index (χ4v) is 5.05. The van der Waals surface area contributed by atoms with E-state index in [1.807, 2.05) is 6.92 Å². The van der Waals surface area contributed by atoms with Crippen molar-refractivity contribution < 1.29 is 40.7 Å². The molecule has 0 bridgehead atoms. The summed E-state index contributed by atoms with van der Waals surface area (Å²) in [5.74, 6) is -2.58. The molecule has 1 heterocycles. The van der Waals surface area contributed by atoms with Gasteiger partial charge in [0.2, 0.25) is 5.91 Å². The van der Waals surface area contributed by atoms with Crippen molar-refractivity contribution in [3.63, 3.8) is 0 Å². The summed E-state index contributed by atoms with van der Waals surface area (Å²) in [6, 6.07) is 4.85. The molecule has 1 aliphatic rings. The zero-order valence-electron chi connectivity index (χ0n) is 20.4. The lowest BCUT2D eigenvalue weighted by molar-refractivity contribution is -0.137. The molecule has 2 aromatic carbocycles. The fraction of sp³-hybridized carbons (Fsp3) is 0.440. The van der Waals surface area contributed by atoms with E-state index in [2.05, 4.69) is 5.32 Å². The van der Waals surface area contributed by atoms with Crippen LogP contribution in [0.3, 0.4) is 0 Å². The number of benzene rings is 2. The monoisotopic (exact) mass is 544 g/mol. The van der Waals surface area contributed by atoms with E-state index >= 15 is 0 Å². The van der Waals surface area contributed by atoms with Crippen molar-refractivity contribution >= 4 is 21.7 Å². The van der Waals surface area contributed by atoms with E-state index < -0.39 is 57.4 Å². The number of rotatable bonds is 7. The number of hydrogen-bond donors (Lipinski definition) is 2. The van der Waals surface area contributed by atoms with Crippen LogP contribution in [0.4, 0.5) is 17.6 Å². The Balaban J connectivity index is 1.89. The van der Waals surface area contributed by atoms with Crippen LogP contribution in [0.15, 0.2) is 47.4 Å². The van der Waals surface area contributed by atoms with Gasteiger partial charge in [0.05, 0.1) is 22.6 Å². The summed E-state index contributed by atoms with van der Waals surface area (Å²) in [5.41, 5.74) is -1.47. The van der Waals surface area contributed by atoms with Crippen molar-refractivity contribution in [1.29, 1.82) is 0 Å². The first-order valence-electron chi connectivity index (χ1n) is 11.6. The molecule has 1 aliphatic heterocycles. The van der Waals surface area contributed by atoms with Gasteiger partial charge in [-0.15, -0.1) is 0 Å². The molecule has 37 heavy (non-hydrogen) atoms. The summed E-state index contributed by atoms with van der Waals surface area (Å²) in [7, 11) is -3.58. The van der Waals surface area contributed by atoms with Gasteiger partial charge < -0.3 is 15.3 Å². The number of alkyl halides is 3. The molecule has 0 aromatic heterocycles. The van der Waals surface area contributed by atoms with Crippen molar-refractivity contribution in [1.82, 2.24) is 10.2 Å². The molecular formula is C25H28F4N2O5S. The van der Waals surface area contributed by atoms with Gasteiger partial charge in [-0.3, -0.25) is 9.59 Å². The summed E-state index contributed by atoms with van der Waals surface area (Å²) < 4.78 is 77.3. The molecule has 2 unspecified atom stereocenters. The van der Waals surface area contributed by atoms with Crippen LogP contribution in [0.1, 0.15) is 54.2 Å². The topological polar surface area (TPSA) is 104 Å². The van der Waals surface area contributed by atoms with Gasteiger partial charge in [-0.25, -0.2) is 12.8 Å². The zero-order valence-corrected chi connectivity index (χ0v) is 21.2. The number of hydrogen-bond acceptors (Lipinski definition) is 5. The Morgan fingerprint density at radius 2 is 1.86 bits per heavy atom. The first kappa shape index (κ1) is 28.6. The van der Waals surface area contributed by atoms with E-state index in [4.69, 9.17) is 0 Å². The number of aliphatic hydroxyl groups is 1. The summed E-state index contributed by atoms with van der Waals surface area (Å²) in [6.45, 7) is 3.35. The van der Waals surface area contributed by atoms with E-state index in [1.54, 1.807) is 0 Å². The Bertz CT molecular complexity index is 1280. The number of carbonyl (C=O) groups is 2. The lowest BCUT2D eigenvalue weighted by Gasteiger charge is -2.28. The van der Waals surface area contributed by atoms with Crippen molar-refractivity contribution in [2.24, 2.45) is 5.92 Å². The largest absolute Gasteiger partial charge is 0.416 e. The Kier molecular flexibility index (Phi) is 8.33. The minimum absolute atomic E-state index is 0.0504. The molecule has 0 aliphatic carbocycles. The van der Waals surface area contributed by atoms with Gasteiger partial charge in [0, 0.05) is 23.9 Å². The molecule has 2 aromatic rings. The standard InChI is InChI=1S/C25H28F4N2O5S/c1-4-15-10-21(31(13-15)24(34)16-6-5-7-18(11-16)37(3,35)36)23(33)30-22(14(2)32)19-9-8-17(12-20(19)26)25(27,28)29/h5-9,11-12,14-15,21-22,32H,4,10,13H2,1-3H3,(H,30,33)/t14?,15-,21-,22?/m1/s1. The summed E-state index contributed by atoms with van der Waals surface area (Å²) in [5, 5.41) is 12.7. The van der Waals surface area contributed by atoms with Crippen molar-refractivity contribution in [2.75, 3.05) is 12.8 Å². The summed E-state index contributed by atoms with van der Waals surface area (Å²) in [6.07, 6.45) is -4.22. The number of carbonyl (C=O) groups excluding carboxylic acids is 2. The first-order chi connectivity index (χ1) is 17.1. The lowest BCUT2D eigenvalue weighted by atomic mass is 9.98. The third-order valence-electron chi connectivity index (χ3n) is 6.48. The van der Waals surface area contributed by atoms with Gasteiger partial charge in [-0.2, -0.15) is 13.2 Å². The Morgan fingerprint density at radius 1 is 1.19 bits per heavy atom. The first-order valence-corrected chi connectivity index (χ1v) is 13.5. The molecule has 2 N–H and O–H groups in total. The highest BCUT2D eigenvalue weighted by Gasteiger charge is 2.41. The Morgan fingerprint density at radius 3 is 2.41 bits per heavy atom. The number of nitrogens with one attached hydrogen (secondary N) is 1. The molecule has 4 atom stereocenters. The highest BCUT2D eigenvalue weighted by Crippen LogP contribution is 2.33. The van der Waals surface area contributed by atoms with E-state index in [0.717, 1.165) is 12.3 Å². The van der Waals surface area contributed by atoms with Crippen LogP contribution < -0.4 is 5.32 Å². The van der Waals surface area contributed by atoms with Crippen LogP contribution in [0, 0.1) is 11.7 Å². The van der Waals surface area contributed by atoms with Gasteiger partial charge in [0.1, 0.15) is 11.9 Å². The van der Waals surface area contributed by atoms with E-state index in [-0.39, 0.29) is 34.9 Å². The summed E-state index contributed by atoms with van der Waals surface area (Å²) >= 11 is 0. The smallest absolute Gasteiger partial charge is 0.391 e. The van der Waals surface area contributed by atoms with Gasteiger partial charge in [-0.1, -0.05) is 25.5 Å². The SMILES string of the molecule is CC[C@@H]1C[C@H](C(=O)NC(c2ccc(C(F)(F)F)cc2F)C(C)O)N(C(=O)c2cccc(S(C)(=O)=O)c2)C1. The summed E-state index contributed by atoms with van der Waals surface area (Å²) in [4.78, 5) is 27.8. The number of amides is 2. The van der Waals surface area contributed by atoms with Gasteiger partial charge in [0.25, 0.3) is 5.91 Å². The second kappa shape index (κ2) is 10.8. The highest BCUT2D eigenvalue weighted by atomic mass is 32.2. The van der Waals surface area contributed by atoms with Crippen molar-refractivity contribution in [3.05, 3.63) is 65.0 Å².